The molecule has 1 atom stereocenters. The van der Waals surface area contributed by atoms with E-state index in [1.165, 1.54) is 33.3 Å². The van der Waals surface area contributed by atoms with E-state index >= 15 is 0 Å². The maximum absolute atomic E-state index is 10.9. The van der Waals surface area contributed by atoms with Gasteiger partial charge in [-0.1, -0.05) is 72.8 Å². The number of nitrogens with zero attached hydrogens (tertiary/aromatic N) is 1. The second-order valence-corrected chi connectivity index (χ2v) is 15.8. The number of carboxylic acids is 1. The van der Waals surface area contributed by atoms with Gasteiger partial charge in [0, 0.05) is 48.1 Å². The molecular formula is C41H41F6IN3O2P. The normalized spacial score (nSPS) is 18.1. The van der Waals surface area contributed by atoms with Gasteiger partial charge in [0.25, 0.3) is 0 Å². The minimum atomic E-state index is -10.7. The second kappa shape index (κ2) is 14.9. The molecule has 0 bridgehead atoms. The Morgan fingerprint density at radius 3 is 2.02 bits per heavy atom. The van der Waals surface area contributed by atoms with Gasteiger partial charge in [-0.2, -0.15) is 4.58 Å². The van der Waals surface area contributed by atoms with Gasteiger partial charge in [-0.3, -0.25) is 0 Å². The van der Waals surface area contributed by atoms with Crippen molar-refractivity contribution in [3.63, 3.8) is 0 Å². The molecule has 0 aliphatic carbocycles. The number of carbonyl (C=O) groups is 1. The number of hydrogen-bond acceptors (Lipinski definition) is 2. The van der Waals surface area contributed by atoms with Crippen LogP contribution in [0.25, 0.3) is 10.8 Å². The second-order valence-electron chi connectivity index (χ2n) is 13.9. The van der Waals surface area contributed by atoms with E-state index in [-0.39, 0.29) is 34.8 Å². The van der Waals surface area contributed by atoms with Crippen LogP contribution in [0.15, 0.2) is 128 Å². The number of nitrogens with one attached hydrogen (secondary N) is 2. The molecular weight excluding hydrogens is 838 g/mol. The molecule has 0 saturated carbocycles. The number of hydrogen-bond donors (Lipinski definition) is 3. The van der Waals surface area contributed by atoms with Crippen molar-refractivity contribution in [3.8, 4) is 0 Å². The number of carboxylic acid groups (broad SMARTS) is 1. The van der Waals surface area contributed by atoms with E-state index in [9.17, 15) is 30.0 Å². The minimum absolute atomic E-state index is 0. The Morgan fingerprint density at radius 2 is 1.41 bits per heavy atom. The molecule has 0 radical (unpaired) electrons. The Labute approximate surface area is 327 Å². The smallest absolute Gasteiger partial charge is 1.00 e. The quantitative estimate of drug-likeness (QED) is 0.0704. The average molecular weight is 880 g/mol. The summed E-state index contributed by atoms with van der Waals surface area (Å²) >= 11 is 0. The monoisotopic (exact) mass is 879 g/mol. The van der Waals surface area contributed by atoms with Crippen LogP contribution in [0.2, 0.25) is 0 Å². The zero-order valence-electron chi connectivity index (χ0n) is 30.2. The third-order valence-electron chi connectivity index (χ3n) is 9.61. The minimum Gasteiger partial charge on any atom is -1.00 e. The van der Waals surface area contributed by atoms with Crippen LogP contribution in [0, 0.1) is 0 Å². The van der Waals surface area contributed by atoms with Crippen LogP contribution in [0.5, 0.6) is 0 Å². The van der Waals surface area contributed by atoms with Crippen molar-refractivity contribution in [1.82, 2.24) is 0 Å². The van der Waals surface area contributed by atoms with Gasteiger partial charge in [0.05, 0.1) is 16.4 Å². The van der Waals surface area contributed by atoms with Crippen molar-refractivity contribution in [2.45, 2.75) is 44.9 Å². The molecule has 1 unspecified atom stereocenters. The summed E-state index contributed by atoms with van der Waals surface area (Å²) in [5.74, 6) is -0.877. The van der Waals surface area contributed by atoms with E-state index in [1.807, 2.05) is 31.2 Å². The summed E-state index contributed by atoms with van der Waals surface area (Å²) in [6.07, 6.45) is 5.26. The molecule has 0 fully saturated rings. The van der Waals surface area contributed by atoms with E-state index in [0.717, 1.165) is 29.1 Å². The maximum Gasteiger partial charge on any atom is -1.00 e. The Kier molecular flexibility index (Phi) is 11.7. The van der Waals surface area contributed by atoms with Crippen molar-refractivity contribution in [2.75, 3.05) is 12.4 Å². The molecule has 5 nitrogen and oxygen atoms in total. The summed E-state index contributed by atoms with van der Waals surface area (Å²) in [7, 11) is -8.47. The molecule has 5 aromatic carbocycles. The number of rotatable bonds is 6. The Balaban J connectivity index is 0.000000235. The van der Waals surface area contributed by atoms with Crippen molar-refractivity contribution >= 4 is 53.0 Å². The number of benzene rings is 5. The van der Waals surface area contributed by atoms with Gasteiger partial charge in [0.1, 0.15) is 7.05 Å². The SMILES string of the molecule is CC1=[NH+]c2ccc(C(=O)O)cc2C1(C)C.C[N+]1=C(/C=C/Nc2ccccc2)C(C)(Cc2ccccc2)c2c1ccc1ccccc21.F[P-](F)(F)(F)(F)F.[I-]. The van der Waals surface area contributed by atoms with Gasteiger partial charge in [-0.25, -0.2) is 9.79 Å². The number of anilines is 1. The summed E-state index contributed by atoms with van der Waals surface area (Å²) in [6, 6.07) is 39.6. The largest absolute Gasteiger partial charge is 1.00 e. The van der Waals surface area contributed by atoms with Gasteiger partial charge >= 0.3 is 39.0 Å². The molecule has 3 N–H and O–H groups in total. The molecule has 7 rings (SSSR count). The summed E-state index contributed by atoms with van der Waals surface area (Å²) < 4.78 is 61.5. The predicted molar refractivity (Wildman–Crippen MR) is 203 cm³/mol. The van der Waals surface area contributed by atoms with Crippen molar-refractivity contribution in [3.05, 3.63) is 150 Å². The standard InChI is InChI=1S/C29H26N2.C12H13NO2.F6P.HI/c1-29(21-22-11-5-3-6-12-22)27(19-20-30-24-14-7-4-8-15-24)31(2)26-18-17-23-13-9-10-16-25(23)28(26)29;1-7-12(2,3)9-6-8(11(14)15)4-5-10(9)13-7;1-7(2,3,4,5)6;/h3-20H,21H2,1-2H3;4-6H,1-3H3,(H,14,15);;1H/q;;-1;/p+1. The molecule has 5 aromatic rings. The van der Waals surface area contributed by atoms with E-state index in [0.29, 0.717) is 5.56 Å². The van der Waals surface area contributed by atoms with Crippen molar-refractivity contribution < 1.29 is 68.6 Å². The first kappa shape index (κ1) is 42.2. The van der Waals surface area contributed by atoms with Crippen molar-refractivity contribution in [2.24, 2.45) is 0 Å². The first-order valence-corrected chi connectivity index (χ1v) is 18.8. The summed E-state index contributed by atoms with van der Waals surface area (Å²) in [5.41, 5.74) is 9.77. The Bertz CT molecular complexity index is 2270. The molecule has 54 heavy (non-hydrogen) atoms. The summed E-state index contributed by atoms with van der Waals surface area (Å²) in [5, 5.41) is 15.0. The van der Waals surface area contributed by atoms with Crippen molar-refractivity contribution in [1.29, 1.82) is 0 Å². The molecule has 0 saturated heterocycles. The van der Waals surface area contributed by atoms with E-state index in [1.54, 1.807) is 12.1 Å². The van der Waals surface area contributed by atoms with Crippen LogP contribution in [-0.4, -0.2) is 34.1 Å². The van der Waals surface area contributed by atoms with E-state index < -0.39 is 13.8 Å². The van der Waals surface area contributed by atoms with Gasteiger partial charge in [-0.15, -0.1) is 0 Å². The van der Waals surface area contributed by atoms with E-state index in [2.05, 4.69) is 134 Å². The van der Waals surface area contributed by atoms with Gasteiger partial charge < -0.3 is 34.4 Å². The Morgan fingerprint density at radius 1 is 0.833 bits per heavy atom. The average Bonchev–Trinajstić information content (AvgIpc) is 3.44. The third-order valence-corrected chi connectivity index (χ3v) is 9.61. The number of aromatic carboxylic acids is 1. The molecule has 0 spiro atoms. The molecule has 286 valence electrons. The number of fused-ring (bicyclic) bond motifs is 4. The maximum atomic E-state index is 10.9. The van der Waals surface area contributed by atoms with Crippen LogP contribution in [0.3, 0.4) is 0 Å². The predicted octanol–water partition coefficient (Wildman–Crippen LogP) is 7.93. The molecule has 2 heterocycles. The van der Waals surface area contributed by atoms with Crippen LogP contribution in [0.4, 0.5) is 42.2 Å². The van der Waals surface area contributed by atoms with Gasteiger partial charge in [0.2, 0.25) is 11.4 Å². The number of para-hydroxylation sites is 1. The topological polar surface area (TPSA) is 66.3 Å². The van der Waals surface area contributed by atoms with E-state index in [4.69, 9.17) is 5.11 Å². The Hall–Kier alpha value is -4.55. The first-order chi connectivity index (χ1) is 24.5. The van der Waals surface area contributed by atoms with Crippen LogP contribution >= 0.6 is 7.81 Å². The zero-order chi connectivity index (χ0) is 38.9. The molecule has 0 amide bonds. The fourth-order valence-corrected chi connectivity index (χ4v) is 6.84. The number of allylic oxidation sites excluding steroid dienone is 1. The zero-order valence-corrected chi connectivity index (χ0v) is 33.3. The fraction of sp³-hybridized carbons (Fsp3) is 0.195. The summed E-state index contributed by atoms with van der Waals surface area (Å²) in [6.45, 7) is 8.59. The van der Waals surface area contributed by atoms with Crippen LogP contribution < -0.4 is 34.3 Å². The van der Waals surface area contributed by atoms with Gasteiger partial charge in [0.15, 0.2) is 11.4 Å². The van der Waals surface area contributed by atoms with Crippen LogP contribution in [0.1, 0.15) is 54.7 Å². The van der Waals surface area contributed by atoms with Gasteiger partial charge in [-0.05, 0) is 73.9 Å². The molecule has 2 aliphatic rings. The summed E-state index contributed by atoms with van der Waals surface area (Å²) in [4.78, 5) is 14.1. The molecule has 2 aliphatic heterocycles. The molecule has 0 aromatic heterocycles. The number of halogens is 7. The fourth-order valence-electron chi connectivity index (χ4n) is 6.84. The first-order valence-electron chi connectivity index (χ1n) is 16.8. The van der Waals surface area contributed by atoms with Crippen LogP contribution in [-0.2, 0) is 17.3 Å². The third kappa shape index (κ3) is 10.4. The molecule has 13 heteroatoms.